The molecule has 19 heavy (non-hydrogen) atoms. The topological polar surface area (TPSA) is 66.0 Å². The summed E-state index contributed by atoms with van der Waals surface area (Å²) in [4.78, 5) is 0. The fourth-order valence-electron chi connectivity index (χ4n) is 1.78. The standard InChI is InChI=1S/C14H20N4O/c1-2-12-4-6-14(7-5-12)19-9-3-8-18-11-13(10-15)16-17-18/h4-7,11H,2-3,8-10,15H2,1H3. The number of benzene rings is 1. The molecule has 1 aromatic carbocycles. The second-order valence-corrected chi connectivity index (χ2v) is 4.38. The summed E-state index contributed by atoms with van der Waals surface area (Å²) in [5, 5.41) is 7.92. The molecule has 0 aliphatic rings. The van der Waals surface area contributed by atoms with Crippen LogP contribution in [0.15, 0.2) is 30.5 Å². The van der Waals surface area contributed by atoms with Crippen molar-refractivity contribution in [2.45, 2.75) is 32.9 Å². The fourth-order valence-corrected chi connectivity index (χ4v) is 1.78. The monoisotopic (exact) mass is 260 g/mol. The van der Waals surface area contributed by atoms with Gasteiger partial charge in [0.2, 0.25) is 0 Å². The zero-order valence-electron chi connectivity index (χ0n) is 11.2. The maximum Gasteiger partial charge on any atom is 0.119 e. The highest BCUT2D eigenvalue weighted by Gasteiger charge is 1.99. The first-order valence-corrected chi connectivity index (χ1v) is 6.62. The molecule has 0 unspecified atom stereocenters. The minimum atomic E-state index is 0.431. The van der Waals surface area contributed by atoms with E-state index in [0.29, 0.717) is 13.2 Å². The molecule has 2 aromatic rings. The van der Waals surface area contributed by atoms with Crippen molar-refractivity contribution in [3.05, 3.63) is 41.7 Å². The first-order chi connectivity index (χ1) is 9.31. The van der Waals surface area contributed by atoms with Gasteiger partial charge in [0.15, 0.2) is 0 Å². The van der Waals surface area contributed by atoms with Crippen molar-refractivity contribution in [3.63, 3.8) is 0 Å². The first kappa shape index (κ1) is 13.5. The molecule has 2 rings (SSSR count). The van der Waals surface area contributed by atoms with Gasteiger partial charge >= 0.3 is 0 Å². The summed E-state index contributed by atoms with van der Waals surface area (Å²) in [6, 6.07) is 8.22. The van der Waals surface area contributed by atoms with Gasteiger partial charge in [0.1, 0.15) is 5.75 Å². The van der Waals surface area contributed by atoms with E-state index in [9.17, 15) is 0 Å². The van der Waals surface area contributed by atoms with E-state index >= 15 is 0 Å². The zero-order chi connectivity index (χ0) is 13.5. The van der Waals surface area contributed by atoms with Gasteiger partial charge in [-0.05, 0) is 24.1 Å². The molecule has 0 bridgehead atoms. The van der Waals surface area contributed by atoms with E-state index in [1.807, 2.05) is 18.3 Å². The minimum absolute atomic E-state index is 0.431. The van der Waals surface area contributed by atoms with Gasteiger partial charge in [0.05, 0.1) is 12.3 Å². The average Bonchev–Trinajstić information content (AvgIpc) is 2.92. The Labute approximate surface area is 113 Å². The largest absolute Gasteiger partial charge is 0.494 e. The summed E-state index contributed by atoms with van der Waals surface area (Å²) in [6.07, 6.45) is 3.81. The molecule has 5 heteroatoms. The molecule has 0 saturated carbocycles. The summed E-state index contributed by atoms with van der Waals surface area (Å²) in [5.74, 6) is 0.915. The van der Waals surface area contributed by atoms with Crippen molar-refractivity contribution < 1.29 is 4.74 Å². The van der Waals surface area contributed by atoms with Crippen LogP contribution in [0.4, 0.5) is 0 Å². The predicted molar refractivity (Wildman–Crippen MR) is 73.8 cm³/mol. The second kappa shape index (κ2) is 6.89. The Hall–Kier alpha value is -1.88. The van der Waals surface area contributed by atoms with Crippen LogP contribution >= 0.6 is 0 Å². The summed E-state index contributed by atoms with van der Waals surface area (Å²) in [6.45, 7) is 4.03. The smallest absolute Gasteiger partial charge is 0.119 e. The summed E-state index contributed by atoms with van der Waals surface area (Å²) < 4.78 is 7.47. The normalized spacial score (nSPS) is 10.6. The summed E-state index contributed by atoms with van der Waals surface area (Å²) in [7, 11) is 0. The number of aryl methyl sites for hydroxylation is 2. The molecular weight excluding hydrogens is 240 g/mol. The van der Waals surface area contributed by atoms with Crippen LogP contribution in [0.3, 0.4) is 0 Å². The molecule has 0 spiro atoms. The Balaban J connectivity index is 1.71. The number of nitrogens with zero attached hydrogens (tertiary/aromatic N) is 3. The van der Waals surface area contributed by atoms with Crippen LogP contribution in [0, 0.1) is 0 Å². The molecule has 0 atom stereocenters. The SMILES string of the molecule is CCc1ccc(OCCCn2cc(CN)nn2)cc1. The molecule has 0 saturated heterocycles. The van der Waals surface area contributed by atoms with Gasteiger partial charge < -0.3 is 10.5 Å². The van der Waals surface area contributed by atoms with Crippen LogP contribution in [0.2, 0.25) is 0 Å². The Morgan fingerprint density at radius 1 is 1.26 bits per heavy atom. The number of rotatable bonds is 7. The zero-order valence-corrected chi connectivity index (χ0v) is 11.2. The van der Waals surface area contributed by atoms with E-state index in [1.54, 1.807) is 4.68 Å². The van der Waals surface area contributed by atoms with E-state index in [2.05, 4.69) is 29.4 Å². The number of aromatic nitrogens is 3. The van der Waals surface area contributed by atoms with Gasteiger partial charge in [-0.3, -0.25) is 4.68 Å². The number of hydrogen-bond donors (Lipinski definition) is 1. The molecule has 0 fully saturated rings. The van der Waals surface area contributed by atoms with Gasteiger partial charge in [0, 0.05) is 25.7 Å². The molecule has 1 aromatic heterocycles. The average molecular weight is 260 g/mol. The lowest BCUT2D eigenvalue weighted by molar-refractivity contribution is 0.298. The van der Waals surface area contributed by atoms with Crippen LogP contribution in [-0.4, -0.2) is 21.6 Å². The van der Waals surface area contributed by atoms with Crippen molar-refractivity contribution in [2.24, 2.45) is 5.73 Å². The molecule has 2 N–H and O–H groups in total. The van der Waals surface area contributed by atoms with Gasteiger partial charge in [-0.1, -0.05) is 24.3 Å². The number of hydrogen-bond acceptors (Lipinski definition) is 4. The molecule has 0 radical (unpaired) electrons. The van der Waals surface area contributed by atoms with Gasteiger partial charge in [-0.15, -0.1) is 5.10 Å². The van der Waals surface area contributed by atoms with Crippen LogP contribution < -0.4 is 10.5 Å². The van der Waals surface area contributed by atoms with E-state index in [-0.39, 0.29) is 0 Å². The van der Waals surface area contributed by atoms with Crippen LogP contribution in [0.5, 0.6) is 5.75 Å². The van der Waals surface area contributed by atoms with E-state index in [1.165, 1.54) is 5.56 Å². The molecule has 1 heterocycles. The predicted octanol–water partition coefficient (Wildman–Crippen LogP) is 1.77. The van der Waals surface area contributed by atoms with E-state index in [0.717, 1.165) is 30.8 Å². The third kappa shape index (κ3) is 4.06. The van der Waals surface area contributed by atoms with E-state index in [4.69, 9.17) is 10.5 Å². The molecular formula is C14H20N4O. The highest BCUT2D eigenvalue weighted by atomic mass is 16.5. The highest BCUT2D eigenvalue weighted by Crippen LogP contribution is 2.12. The van der Waals surface area contributed by atoms with Crippen LogP contribution in [0.1, 0.15) is 24.6 Å². The minimum Gasteiger partial charge on any atom is -0.494 e. The lowest BCUT2D eigenvalue weighted by Crippen LogP contribution is -2.05. The summed E-state index contributed by atoms with van der Waals surface area (Å²) >= 11 is 0. The Morgan fingerprint density at radius 3 is 2.68 bits per heavy atom. The fraction of sp³-hybridized carbons (Fsp3) is 0.429. The highest BCUT2D eigenvalue weighted by molar-refractivity contribution is 5.27. The van der Waals surface area contributed by atoms with E-state index < -0.39 is 0 Å². The first-order valence-electron chi connectivity index (χ1n) is 6.62. The van der Waals surface area contributed by atoms with Gasteiger partial charge in [-0.25, -0.2) is 0 Å². The number of nitrogens with two attached hydrogens (primary N) is 1. The van der Waals surface area contributed by atoms with Crippen molar-refractivity contribution in [1.29, 1.82) is 0 Å². The van der Waals surface area contributed by atoms with Crippen LogP contribution in [0.25, 0.3) is 0 Å². The Kier molecular flexibility index (Phi) is 4.92. The molecule has 0 aliphatic carbocycles. The Morgan fingerprint density at radius 2 is 2.05 bits per heavy atom. The quantitative estimate of drug-likeness (QED) is 0.770. The molecule has 102 valence electrons. The lowest BCUT2D eigenvalue weighted by Gasteiger charge is -2.06. The third-order valence-corrected chi connectivity index (χ3v) is 2.93. The van der Waals surface area contributed by atoms with Crippen molar-refractivity contribution >= 4 is 0 Å². The van der Waals surface area contributed by atoms with Crippen molar-refractivity contribution in [1.82, 2.24) is 15.0 Å². The maximum absolute atomic E-state index is 5.67. The van der Waals surface area contributed by atoms with Crippen molar-refractivity contribution in [3.8, 4) is 5.75 Å². The molecule has 0 amide bonds. The second-order valence-electron chi connectivity index (χ2n) is 4.38. The molecule has 0 aliphatic heterocycles. The van der Waals surface area contributed by atoms with Crippen LogP contribution in [-0.2, 0) is 19.5 Å². The van der Waals surface area contributed by atoms with Crippen molar-refractivity contribution in [2.75, 3.05) is 6.61 Å². The number of ether oxygens (including phenoxy) is 1. The third-order valence-electron chi connectivity index (χ3n) is 2.93. The van der Waals surface area contributed by atoms with Gasteiger partial charge in [0.25, 0.3) is 0 Å². The molecule has 5 nitrogen and oxygen atoms in total. The summed E-state index contributed by atoms with van der Waals surface area (Å²) in [5.41, 5.74) is 7.62. The van der Waals surface area contributed by atoms with Gasteiger partial charge in [-0.2, -0.15) is 0 Å². The maximum atomic E-state index is 5.67. The lowest BCUT2D eigenvalue weighted by atomic mass is 10.2. The Bertz CT molecular complexity index is 492.